The van der Waals surface area contributed by atoms with Crippen molar-refractivity contribution in [3.63, 3.8) is 0 Å². The van der Waals surface area contributed by atoms with Gasteiger partial charge in [0.2, 0.25) is 5.91 Å². The molecule has 2 amide bonds. The highest BCUT2D eigenvalue weighted by atomic mass is 32.2. The van der Waals surface area contributed by atoms with E-state index in [-0.39, 0.29) is 22.5 Å². The number of methoxy groups -OCH3 is 1. The molecular formula is C21H21NO4S. The fraction of sp³-hybridized carbons (Fsp3) is 0.333. The Morgan fingerprint density at radius 1 is 1.11 bits per heavy atom. The Balaban J connectivity index is 1.40. The second-order valence-corrected chi connectivity index (χ2v) is 8.04. The monoisotopic (exact) mass is 383 g/mol. The minimum Gasteiger partial charge on any atom is -0.497 e. The van der Waals surface area contributed by atoms with E-state index in [1.165, 1.54) is 11.1 Å². The quantitative estimate of drug-likeness (QED) is 0.856. The fourth-order valence-corrected chi connectivity index (χ4v) is 4.39. The summed E-state index contributed by atoms with van der Waals surface area (Å²) in [7, 11) is 1.67. The third-order valence-corrected chi connectivity index (χ3v) is 5.95. The van der Waals surface area contributed by atoms with Crippen LogP contribution >= 0.6 is 11.8 Å². The fourth-order valence-electron chi connectivity index (χ4n) is 3.54. The summed E-state index contributed by atoms with van der Waals surface area (Å²) in [5.41, 5.74) is 3.47. The smallest absolute Gasteiger partial charge is 0.286 e. The average molecular weight is 383 g/mol. The van der Waals surface area contributed by atoms with Crippen LogP contribution in [-0.2, 0) is 24.1 Å². The van der Waals surface area contributed by atoms with E-state index in [0.29, 0.717) is 6.42 Å². The largest absolute Gasteiger partial charge is 0.497 e. The highest BCUT2D eigenvalue weighted by Gasteiger charge is 2.31. The Morgan fingerprint density at radius 2 is 1.89 bits per heavy atom. The van der Waals surface area contributed by atoms with Crippen LogP contribution in [0.15, 0.2) is 42.5 Å². The molecule has 1 N–H and O–H groups in total. The maximum absolute atomic E-state index is 11.7. The molecule has 6 heteroatoms. The number of ether oxygens (including phenoxy) is 2. The van der Waals surface area contributed by atoms with Crippen molar-refractivity contribution < 1.29 is 19.1 Å². The highest BCUT2D eigenvalue weighted by Crippen LogP contribution is 2.31. The van der Waals surface area contributed by atoms with Crippen molar-refractivity contribution in [1.29, 1.82) is 0 Å². The van der Waals surface area contributed by atoms with Crippen LogP contribution in [0.4, 0.5) is 4.79 Å². The van der Waals surface area contributed by atoms with E-state index in [1.54, 1.807) is 7.11 Å². The molecule has 5 nitrogen and oxygen atoms in total. The van der Waals surface area contributed by atoms with Gasteiger partial charge in [-0.05, 0) is 54.2 Å². The molecule has 2 aromatic carbocycles. The van der Waals surface area contributed by atoms with Crippen molar-refractivity contribution in [2.24, 2.45) is 0 Å². The Bertz CT molecular complexity index is 865. The van der Waals surface area contributed by atoms with E-state index in [2.05, 4.69) is 23.5 Å². The third-order valence-electron chi connectivity index (χ3n) is 4.96. The molecule has 2 unspecified atom stereocenters. The van der Waals surface area contributed by atoms with Gasteiger partial charge >= 0.3 is 0 Å². The van der Waals surface area contributed by atoms with Crippen LogP contribution in [0.5, 0.6) is 11.5 Å². The zero-order valence-corrected chi connectivity index (χ0v) is 15.9. The molecule has 2 atom stereocenters. The standard InChI is InChI=1S/C21H21NO4S/c1-25-16-6-2-13(3-7-16)11-17-8-5-15-10-14(4-9-18(15)26-17)12-19-20(23)22-21(24)27-19/h2-4,6-7,9-10,17,19H,5,8,11-12H2,1H3,(H,22,23,24). The molecule has 2 aliphatic heterocycles. The third kappa shape index (κ3) is 4.11. The van der Waals surface area contributed by atoms with E-state index >= 15 is 0 Å². The molecule has 140 valence electrons. The summed E-state index contributed by atoms with van der Waals surface area (Å²) in [6.07, 6.45) is 3.49. The first-order valence-corrected chi connectivity index (χ1v) is 9.91. The number of hydrogen-bond acceptors (Lipinski definition) is 5. The lowest BCUT2D eigenvalue weighted by atomic mass is 9.95. The molecule has 0 radical (unpaired) electrons. The molecular weight excluding hydrogens is 362 g/mol. The Hall–Kier alpha value is -2.47. The lowest BCUT2D eigenvalue weighted by molar-refractivity contribution is -0.118. The maximum atomic E-state index is 11.7. The number of thioether (sulfide) groups is 1. The summed E-state index contributed by atoms with van der Waals surface area (Å²) in [5.74, 6) is 1.58. The number of aryl methyl sites for hydroxylation is 1. The summed E-state index contributed by atoms with van der Waals surface area (Å²) < 4.78 is 11.4. The van der Waals surface area contributed by atoms with Crippen molar-refractivity contribution >= 4 is 22.9 Å². The predicted molar refractivity (Wildman–Crippen MR) is 104 cm³/mol. The van der Waals surface area contributed by atoms with Crippen LogP contribution in [0, 0.1) is 0 Å². The van der Waals surface area contributed by atoms with E-state index in [0.717, 1.165) is 48.1 Å². The van der Waals surface area contributed by atoms with Crippen LogP contribution < -0.4 is 14.8 Å². The number of amides is 2. The van der Waals surface area contributed by atoms with Gasteiger partial charge in [-0.2, -0.15) is 0 Å². The number of hydrogen-bond donors (Lipinski definition) is 1. The van der Waals surface area contributed by atoms with Crippen LogP contribution in [-0.4, -0.2) is 29.6 Å². The Labute approximate surface area is 162 Å². The van der Waals surface area contributed by atoms with Gasteiger partial charge < -0.3 is 9.47 Å². The van der Waals surface area contributed by atoms with Gasteiger partial charge in [-0.3, -0.25) is 14.9 Å². The van der Waals surface area contributed by atoms with E-state index in [1.807, 2.05) is 24.3 Å². The van der Waals surface area contributed by atoms with E-state index in [9.17, 15) is 9.59 Å². The molecule has 2 heterocycles. The number of carbonyl (C=O) groups is 2. The van der Waals surface area contributed by atoms with Gasteiger partial charge in [0.1, 0.15) is 17.6 Å². The second-order valence-electron chi connectivity index (χ2n) is 6.86. The van der Waals surface area contributed by atoms with Crippen LogP contribution in [0.25, 0.3) is 0 Å². The normalized spacial score (nSPS) is 21.4. The SMILES string of the molecule is COc1ccc(CC2CCc3cc(CC4SC(=O)NC4=O)ccc3O2)cc1. The molecule has 4 rings (SSSR count). The first kappa shape index (κ1) is 17.9. The average Bonchev–Trinajstić information content (AvgIpc) is 2.99. The molecule has 1 saturated heterocycles. The molecule has 2 aromatic rings. The highest BCUT2D eigenvalue weighted by molar-refractivity contribution is 8.15. The number of imide groups is 1. The van der Waals surface area contributed by atoms with Crippen molar-refractivity contribution in [2.45, 2.75) is 37.0 Å². The molecule has 0 bridgehead atoms. The van der Waals surface area contributed by atoms with Crippen LogP contribution in [0.1, 0.15) is 23.1 Å². The number of fused-ring (bicyclic) bond motifs is 1. The molecule has 27 heavy (non-hydrogen) atoms. The first-order chi connectivity index (χ1) is 13.1. The zero-order chi connectivity index (χ0) is 18.8. The van der Waals surface area contributed by atoms with Gasteiger partial charge in [0.05, 0.1) is 12.4 Å². The van der Waals surface area contributed by atoms with Gasteiger partial charge in [-0.15, -0.1) is 0 Å². The summed E-state index contributed by atoms with van der Waals surface area (Å²) in [5, 5.41) is 1.75. The van der Waals surface area contributed by atoms with Crippen LogP contribution in [0.3, 0.4) is 0 Å². The molecule has 0 aromatic heterocycles. The minimum atomic E-state index is -0.331. The van der Waals surface area contributed by atoms with Crippen molar-refractivity contribution in [1.82, 2.24) is 5.32 Å². The predicted octanol–water partition coefficient (Wildman–Crippen LogP) is 3.53. The van der Waals surface area contributed by atoms with Gasteiger partial charge in [0.25, 0.3) is 5.24 Å². The van der Waals surface area contributed by atoms with Crippen molar-refractivity contribution in [3.8, 4) is 11.5 Å². The summed E-state index contributed by atoms with van der Waals surface area (Å²) in [6.45, 7) is 0. The Morgan fingerprint density at radius 3 is 2.59 bits per heavy atom. The van der Waals surface area contributed by atoms with Gasteiger partial charge in [-0.25, -0.2) is 0 Å². The number of carbonyl (C=O) groups excluding carboxylic acids is 2. The molecule has 2 aliphatic rings. The second kappa shape index (κ2) is 7.64. The minimum absolute atomic E-state index is 0.158. The number of benzene rings is 2. The summed E-state index contributed by atoms with van der Waals surface area (Å²) in [6, 6.07) is 14.2. The zero-order valence-electron chi connectivity index (χ0n) is 15.1. The van der Waals surface area contributed by atoms with Gasteiger partial charge in [-0.1, -0.05) is 36.0 Å². The van der Waals surface area contributed by atoms with Gasteiger partial charge in [0.15, 0.2) is 0 Å². The van der Waals surface area contributed by atoms with Crippen LogP contribution in [0.2, 0.25) is 0 Å². The maximum Gasteiger partial charge on any atom is 0.286 e. The Kier molecular flexibility index (Phi) is 5.07. The van der Waals surface area contributed by atoms with Crippen molar-refractivity contribution in [2.75, 3.05) is 7.11 Å². The summed E-state index contributed by atoms with van der Waals surface area (Å²) in [4.78, 5) is 23.1. The molecule has 1 fully saturated rings. The molecule has 0 spiro atoms. The number of rotatable bonds is 5. The first-order valence-electron chi connectivity index (χ1n) is 9.03. The van der Waals surface area contributed by atoms with E-state index < -0.39 is 0 Å². The summed E-state index contributed by atoms with van der Waals surface area (Å²) >= 11 is 1.07. The van der Waals surface area contributed by atoms with Crippen molar-refractivity contribution in [3.05, 3.63) is 59.2 Å². The lowest BCUT2D eigenvalue weighted by Crippen LogP contribution is -2.26. The molecule has 0 aliphatic carbocycles. The van der Waals surface area contributed by atoms with Gasteiger partial charge in [0, 0.05) is 6.42 Å². The lowest BCUT2D eigenvalue weighted by Gasteiger charge is -2.27. The molecule has 0 saturated carbocycles. The topological polar surface area (TPSA) is 64.6 Å². The number of nitrogens with one attached hydrogen (secondary N) is 1. The van der Waals surface area contributed by atoms with E-state index in [4.69, 9.17) is 9.47 Å².